The summed E-state index contributed by atoms with van der Waals surface area (Å²) < 4.78 is 25.8. The molecule has 2 N–H and O–H groups in total. The first-order valence-corrected chi connectivity index (χ1v) is 6.75. The number of rotatable bonds is 4. The van der Waals surface area contributed by atoms with Gasteiger partial charge < -0.3 is 15.5 Å². The lowest BCUT2D eigenvalue weighted by Gasteiger charge is -2.17. The molecule has 1 heterocycles. The molecule has 0 aromatic heterocycles. The Morgan fingerprint density at radius 2 is 2.15 bits per heavy atom. The van der Waals surface area contributed by atoms with Gasteiger partial charge in [-0.25, -0.2) is 8.78 Å². The van der Waals surface area contributed by atoms with Crippen LogP contribution < -0.4 is 10.6 Å². The smallest absolute Gasteiger partial charge is 0.222 e. The molecule has 0 aliphatic carbocycles. The van der Waals surface area contributed by atoms with Crippen LogP contribution in [0.5, 0.6) is 0 Å². The van der Waals surface area contributed by atoms with E-state index in [-0.39, 0.29) is 5.91 Å². The molecule has 1 amide bonds. The maximum absolute atomic E-state index is 13.0. The summed E-state index contributed by atoms with van der Waals surface area (Å²) in [6, 6.07) is 3.47. The maximum Gasteiger partial charge on any atom is 0.222 e. The molecule has 108 valence electrons. The van der Waals surface area contributed by atoms with Gasteiger partial charge in [0.05, 0.1) is 0 Å². The van der Waals surface area contributed by atoms with Crippen molar-refractivity contribution < 1.29 is 13.6 Å². The molecule has 1 aliphatic rings. The van der Waals surface area contributed by atoms with E-state index in [1.165, 1.54) is 6.07 Å². The zero-order valence-corrected chi connectivity index (χ0v) is 11.6. The van der Waals surface area contributed by atoms with E-state index < -0.39 is 11.6 Å². The second-order valence-corrected chi connectivity index (χ2v) is 4.90. The Kier molecular flexibility index (Phi) is 4.84. The summed E-state index contributed by atoms with van der Waals surface area (Å²) in [7, 11) is 0. The molecule has 0 atom stereocenters. The van der Waals surface area contributed by atoms with Gasteiger partial charge in [-0.3, -0.25) is 4.79 Å². The van der Waals surface area contributed by atoms with Gasteiger partial charge >= 0.3 is 0 Å². The van der Waals surface area contributed by atoms with Crippen LogP contribution in [0.15, 0.2) is 18.2 Å². The Hall–Kier alpha value is -1.76. The van der Waals surface area contributed by atoms with Crippen molar-refractivity contribution in [3.8, 4) is 0 Å². The highest BCUT2D eigenvalue weighted by Crippen LogP contribution is 2.13. The van der Waals surface area contributed by atoms with E-state index in [0.717, 1.165) is 25.1 Å². The standard InChI is InChI=1S/C13H15F2N3OS/c14-10-4-3-9(8-11(10)15)17-13(20)16-5-7-18-6-1-2-12(18)19/h3-4,8H,1-2,5-7H2,(H2,16,17,20). The number of nitrogens with one attached hydrogen (secondary N) is 2. The highest BCUT2D eigenvalue weighted by Gasteiger charge is 2.19. The van der Waals surface area contributed by atoms with Crippen LogP contribution in [0.25, 0.3) is 0 Å². The Morgan fingerprint density at radius 3 is 2.80 bits per heavy atom. The second kappa shape index (κ2) is 6.60. The third-order valence-electron chi connectivity index (χ3n) is 3.02. The van der Waals surface area contributed by atoms with Gasteiger partial charge in [0.25, 0.3) is 0 Å². The first-order chi connectivity index (χ1) is 9.56. The molecule has 2 rings (SSSR count). The van der Waals surface area contributed by atoms with E-state index in [9.17, 15) is 13.6 Å². The predicted molar refractivity (Wildman–Crippen MR) is 76.4 cm³/mol. The quantitative estimate of drug-likeness (QED) is 0.833. The van der Waals surface area contributed by atoms with Crippen LogP contribution in [0.4, 0.5) is 14.5 Å². The molecule has 0 radical (unpaired) electrons. The summed E-state index contributed by atoms with van der Waals surface area (Å²) in [6.45, 7) is 1.88. The van der Waals surface area contributed by atoms with Crippen LogP contribution in [-0.2, 0) is 4.79 Å². The molecule has 1 fully saturated rings. The average Bonchev–Trinajstić information content (AvgIpc) is 2.80. The van der Waals surface area contributed by atoms with Gasteiger partial charge in [-0.15, -0.1) is 0 Å². The molecular weight excluding hydrogens is 284 g/mol. The fourth-order valence-corrected chi connectivity index (χ4v) is 2.21. The van der Waals surface area contributed by atoms with Crippen molar-refractivity contribution in [2.24, 2.45) is 0 Å². The third-order valence-corrected chi connectivity index (χ3v) is 3.26. The van der Waals surface area contributed by atoms with Crippen LogP contribution in [0.2, 0.25) is 0 Å². The third kappa shape index (κ3) is 3.86. The summed E-state index contributed by atoms with van der Waals surface area (Å²) >= 11 is 5.04. The molecule has 20 heavy (non-hydrogen) atoms. The average molecular weight is 299 g/mol. The number of likely N-dealkylation sites (tertiary alicyclic amines) is 1. The molecule has 0 spiro atoms. The van der Waals surface area contributed by atoms with Crippen molar-refractivity contribution >= 4 is 28.9 Å². The lowest BCUT2D eigenvalue weighted by Crippen LogP contribution is -2.37. The minimum Gasteiger partial charge on any atom is -0.361 e. The van der Waals surface area contributed by atoms with Crippen LogP contribution in [-0.4, -0.2) is 35.6 Å². The summed E-state index contributed by atoms with van der Waals surface area (Å²) in [4.78, 5) is 13.2. The Morgan fingerprint density at radius 1 is 1.35 bits per heavy atom. The molecule has 1 saturated heterocycles. The number of hydrogen-bond donors (Lipinski definition) is 2. The highest BCUT2D eigenvalue weighted by molar-refractivity contribution is 7.80. The van der Waals surface area contributed by atoms with Crippen molar-refractivity contribution in [3.63, 3.8) is 0 Å². The fourth-order valence-electron chi connectivity index (χ4n) is 1.99. The highest BCUT2D eigenvalue weighted by atomic mass is 32.1. The first-order valence-electron chi connectivity index (χ1n) is 6.34. The van der Waals surface area contributed by atoms with Crippen molar-refractivity contribution in [2.75, 3.05) is 25.0 Å². The molecule has 1 aliphatic heterocycles. The van der Waals surface area contributed by atoms with Gasteiger partial charge in [0.1, 0.15) is 0 Å². The lowest BCUT2D eigenvalue weighted by atomic mass is 10.3. The lowest BCUT2D eigenvalue weighted by molar-refractivity contribution is -0.127. The van der Waals surface area contributed by atoms with E-state index in [4.69, 9.17) is 12.2 Å². The number of halogens is 2. The molecule has 1 aromatic carbocycles. The predicted octanol–water partition coefficient (Wildman–Crippen LogP) is 1.87. The number of benzene rings is 1. The Bertz CT molecular complexity index is 524. The van der Waals surface area contributed by atoms with Crippen molar-refractivity contribution in [1.29, 1.82) is 0 Å². The zero-order chi connectivity index (χ0) is 14.5. The van der Waals surface area contributed by atoms with Crippen molar-refractivity contribution in [3.05, 3.63) is 29.8 Å². The molecule has 1 aromatic rings. The van der Waals surface area contributed by atoms with Gasteiger partial charge in [-0.05, 0) is 30.8 Å². The number of nitrogens with zero attached hydrogens (tertiary/aromatic N) is 1. The summed E-state index contributed by atoms with van der Waals surface area (Å²) in [5.74, 6) is -1.67. The minimum absolute atomic E-state index is 0.159. The fraction of sp³-hybridized carbons (Fsp3) is 0.385. The van der Waals surface area contributed by atoms with Gasteiger partial charge in [0.2, 0.25) is 5.91 Å². The topological polar surface area (TPSA) is 44.4 Å². The molecule has 0 saturated carbocycles. The number of anilines is 1. The summed E-state index contributed by atoms with van der Waals surface area (Å²) in [5, 5.41) is 5.99. The molecule has 7 heteroatoms. The van der Waals surface area contributed by atoms with E-state index in [0.29, 0.717) is 30.3 Å². The number of carbonyl (C=O) groups is 1. The van der Waals surface area contributed by atoms with E-state index >= 15 is 0 Å². The van der Waals surface area contributed by atoms with Gasteiger partial charge in [-0.1, -0.05) is 0 Å². The largest absolute Gasteiger partial charge is 0.361 e. The number of amides is 1. The first kappa shape index (κ1) is 14.6. The van der Waals surface area contributed by atoms with Crippen molar-refractivity contribution in [1.82, 2.24) is 10.2 Å². The normalized spacial score (nSPS) is 14.5. The Balaban J connectivity index is 1.75. The number of hydrogen-bond acceptors (Lipinski definition) is 2. The molecule has 4 nitrogen and oxygen atoms in total. The van der Waals surface area contributed by atoms with Crippen LogP contribution >= 0.6 is 12.2 Å². The van der Waals surface area contributed by atoms with E-state index in [2.05, 4.69) is 10.6 Å². The monoisotopic (exact) mass is 299 g/mol. The van der Waals surface area contributed by atoms with E-state index in [1.807, 2.05) is 0 Å². The van der Waals surface area contributed by atoms with Crippen molar-refractivity contribution in [2.45, 2.75) is 12.8 Å². The second-order valence-electron chi connectivity index (χ2n) is 4.49. The van der Waals surface area contributed by atoms with Gasteiger partial charge in [-0.2, -0.15) is 0 Å². The molecule has 0 bridgehead atoms. The van der Waals surface area contributed by atoms with E-state index in [1.54, 1.807) is 4.90 Å². The van der Waals surface area contributed by atoms with Gasteiger partial charge in [0.15, 0.2) is 16.7 Å². The van der Waals surface area contributed by atoms with Crippen LogP contribution in [0.1, 0.15) is 12.8 Å². The maximum atomic E-state index is 13.0. The van der Waals surface area contributed by atoms with Gasteiger partial charge in [0, 0.05) is 37.8 Å². The van der Waals surface area contributed by atoms with Crippen LogP contribution in [0, 0.1) is 11.6 Å². The molecule has 0 unspecified atom stereocenters. The Labute approximate surface area is 121 Å². The molecular formula is C13H15F2N3OS. The summed E-state index contributed by atoms with van der Waals surface area (Å²) in [5.41, 5.74) is 0.374. The van der Waals surface area contributed by atoms with Crippen LogP contribution in [0.3, 0.4) is 0 Å². The SMILES string of the molecule is O=C1CCCN1CCNC(=S)Nc1ccc(F)c(F)c1. The summed E-state index contributed by atoms with van der Waals surface area (Å²) in [6.07, 6.45) is 1.51. The zero-order valence-electron chi connectivity index (χ0n) is 10.8. The number of thiocarbonyl (C=S) groups is 1. The minimum atomic E-state index is -0.930. The number of carbonyl (C=O) groups excluding carboxylic acids is 1.